The minimum atomic E-state index is -0.00645. The number of aromatic amines is 1. The zero-order chi connectivity index (χ0) is 15.7. The van der Waals surface area contributed by atoms with E-state index in [1.54, 1.807) is 0 Å². The van der Waals surface area contributed by atoms with Crippen LogP contribution in [-0.4, -0.2) is 40.6 Å². The molecule has 6 heteroatoms. The topological polar surface area (TPSA) is 75.0 Å². The molecule has 1 saturated heterocycles. The lowest BCUT2D eigenvalue weighted by Gasteiger charge is -2.22. The summed E-state index contributed by atoms with van der Waals surface area (Å²) in [6, 6.07) is 9.66. The van der Waals surface area contributed by atoms with Crippen LogP contribution >= 0.6 is 15.9 Å². The van der Waals surface area contributed by atoms with Crippen LogP contribution < -0.4 is 5.73 Å². The molecule has 1 aliphatic heterocycles. The van der Waals surface area contributed by atoms with E-state index in [0.29, 0.717) is 18.8 Å². The first kappa shape index (κ1) is 15.2. The average Bonchev–Trinajstić information content (AvgIpc) is 3.15. The van der Waals surface area contributed by atoms with Gasteiger partial charge < -0.3 is 10.6 Å². The van der Waals surface area contributed by atoms with Gasteiger partial charge in [-0.2, -0.15) is 5.10 Å². The zero-order valence-electron chi connectivity index (χ0n) is 12.5. The second-order valence-electron chi connectivity index (χ2n) is 6.17. The van der Waals surface area contributed by atoms with E-state index in [9.17, 15) is 4.79 Å². The summed E-state index contributed by atoms with van der Waals surface area (Å²) in [6.07, 6.45) is 0.947. The minimum Gasteiger partial charge on any atom is -0.337 e. The van der Waals surface area contributed by atoms with Crippen LogP contribution in [0.4, 0.5) is 0 Å². The van der Waals surface area contributed by atoms with Crippen molar-refractivity contribution < 1.29 is 4.79 Å². The fourth-order valence-corrected chi connectivity index (χ4v) is 3.00. The van der Waals surface area contributed by atoms with Gasteiger partial charge in [-0.05, 0) is 36.6 Å². The number of carbonyl (C=O) groups excluding carboxylic acids is 1. The van der Waals surface area contributed by atoms with Gasteiger partial charge in [0.2, 0.25) is 0 Å². The number of carbonyl (C=O) groups is 1. The van der Waals surface area contributed by atoms with E-state index in [0.717, 1.165) is 28.7 Å². The van der Waals surface area contributed by atoms with Crippen molar-refractivity contribution in [3.63, 3.8) is 0 Å². The first-order valence-electron chi connectivity index (χ1n) is 7.31. The highest BCUT2D eigenvalue weighted by atomic mass is 79.9. The largest absolute Gasteiger partial charge is 0.337 e. The van der Waals surface area contributed by atoms with Gasteiger partial charge in [0.15, 0.2) is 0 Å². The maximum absolute atomic E-state index is 12.6. The highest BCUT2D eigenvalue weighted by Gasteiger charge is 2.35. The summed E-state index contributed by atoms with van der Waals surface area (Å²) >= 11 is 3.41. The Balaban J connectivity index is 1.76. The molecule has 1 aliphatic rings. The van der Waals surface area contributed by atoms with Crippen molar-refractivity contribution in [1.82, 2.24) is 15.1 Å². The number of benzene rings is 1. The number of halogens is 1. The van der Waals surface area contributed by atoms with Crippen molar-refractivity contribution in [2.45, 2.75) is 13.3 Å². The highest BCUT2D eigenvalue weighted by molar-refractivity contribution is 9.10. The normalized spacial score (nSPS) is 21.3. The van der Waals surface area contributed by atoms with Crippen molar-refractivity contribution in [1.29, 1.82) is 0 Å². The Labute approximate surface area is 138 Å². The molecule has 1 atom stereocenters. The number of nitrogens with two attached hydrogens (primary N) is 1. The summed E-state index contributed by atoms with van der Waals surface area (Å²) in [5, 5.41) is 7.11. The van der Waals surface area contributed by atoms with Gasteiger partial charge in [-0.1, -0.05) is 35.0 Å². The lowest BCUT2D eigenvalue weighted by atomic mass is 9.90. The van der Waals surface area contributed by atoms with Crippen molar-refractivity contribution in [3.05, 3.63) is 40.5 Å². The Morgan fingerprint density at radius 1 is 1.45 bits per heavy atom. The Bertz CT molecular complexity index is 682. The summed E-state index contributed by atoms with van der Waals surface area (Å²) in [4.78, 5) is 14.4. The number of nitrogens with zero attached hydrogens (tertiary/aromatic N) is 2. The van der Waals surface area contributed by atoms with Crippen molar-refractivity contribution in [2.75, 3.05) is 19.6 Å². The van der Waals surface area contributed by atoms with Crippen LogP contribution in [0.3, 0.4) is 0 Å². The molecule has 0 radical (unpaired) electrons. The van der Waals surface area contributed by atoms with Crippen molar-refractivity contribution >= 4 is 21.8 Å². The summed E-state index contributed by atoms with van der Waals surface area (Å²) in [5.41, 5.74) is 8.11. The van der Waals surface area contributed by atoms with E-state index >= 15 is 0 Å². The molecule has 1 aromatic heterocycles. The van der Waals surface area contributed by atoms with Crippen LogP contribution in [0.25, 0.3) is 11.3 Å². The van der Waals surface area contributed by atoms with E-state index in [1.807, 2.05) is 35.2 Å². The fourth-order valence-electron chi connectivity index (χ4n) is 2.73. The van der Waals surface area contributed by atoms with E-state index in [-0.39, 0.29) is 11.3 Å². The second kappa shape index (κ2) is 5.85. The minimum absolute atomic E-state index is 0.00645. The predicted molar refractivity (Wildman–Crippen MR) is 89.4 cm³/mol. The molecule has 1 aromatic carbocycles. The van der Waals surface area contributed by atoms with Crippen LogP contribution in [0, 0.1) is 5.41 Å². The highest BCUT2D eigenvalue weighted by Crippen LogP contribution is 2.29. The molecule has 3 rings (SSSR count). The van der Waals surface area contributed by atoms with Crippen LogP contribution in [0.1, 0.15) is 23.8 Å². The molecule has 2 aromatic rings. The predicted octanol–water partition coefficient (Wildman–Crippen LogP) is 2.65. The molecule has 2 heterocycles. The van der Waals surface area contributed by atoms with Gasteiger partial charge in [-0.25, -0.2) is 0 Å². The number of nitrogens with one attached hydrogen (secondary N) is 1. The van der Waals surface area contributed by atoms with Crippen molar-refractivity contribution in [3.8, 4) is 11.3 Å². The molecular weight excluding hydrogens is 344 g/mol. The quantitative estimate of drug-likeness (QED) is 0.881. The SMILES string of the molecule is CC1(CN)CCN(C(=O)c2cc(-c3ccc(Br)cc3)n[nH]2)C1. The van der Waals surface area contributed by atoms with Crippen molar-refractivity contribution in [2.24, 2.45) is 11.1 Å². The van der Waals surface area contributed by atoms with E-state index in [2.05, 4.69) is 33.1 Å². The number of H-pyrrole nitrogens is 1. The molecule has 0 aliphatic carbocycles. The fraction of sp³-hybridized carbons (Fsp3) is 0.375. The van der Waals surface area contributed by atoms with E-state index in [4.69, 9.17) is 5.73 Å². The third kappa shape index (κ3) is 2.94. The maximum Gasteiger partial charge on any atom is 0.271 e. The Morgan fingerprint density at radius 2 is 2.18 bits per heavy atom. The smallest absolute Gasteiger partial charge is 0.271 e. The third-order valence-electron chi connectivity index (χ3n) is 4.29. The molecular formula is C16H19BrN4O. The Hall–Kier alpha value is -1.66. The first-order valence-corrected chi connectivity index (χ1v) is 8.11. The van der Waals surface area contributed by atoms with Gasteiger partial charge in [0, 0.05) is 23.1 Å². The van der Waals surface area contributed by atoms with Gasteiger partial charge in [-0.15, -0.1) is 0 Å². The molecule has 1 unspecified atom stereocenters. The summed E-state index contributed by atoms with van der Waals surface area (Å²) in [5.74, 6) is -0.00645. The van der Waals surface area contributed by atoms with Crippen LogP contribution in [-0.2, 0) is 0 Å². The number of rotatable bonds is 3. The second-order valence-corrected chi connectivity index (χ2v) is 7.08. The Kier molecular flexibility index (Phi) is 4.06. The van der Waals surface area contributed by atoms with Crippen LogP contribution in [0.2, 0.25) is 0 Å². The van der Waals surface area contributed by atoms with Gasteiger partial charge in [0.1, 0.15) is 5.69 Å². The van der Waals surface area contributed by atoms with Gasteiger partial charge in [0.05, 0.1) is 5.69 Å². The van der Waals surface area contributed by atoms with Gasteiger partial charge in [-0.3, -0.25) is 9.89 Å². The maximum atomic E-state index is 12.6. The molecule has 0 spiro atoms. The number of hydrogen-bond acceptors (Lipinski definition) is 3. The first-order chi connectivity index (χ1) is 10.5. The third-order valence-corrected chi connectivity index (χ3v) is 4.81. The van der Waals surface area contributed by atoms with Crippen LogP contribution in [0.15, 0.2) is 34.8 Å². The summed E-state index contributed by atoms with van der Waals surface area (Å²) in [6.45, 7) is 4.18. The van der Waals surface area contributed by atoms with E-state index in [1.165, 1.54) is 0 Å². The van der Waals surface area contributed by atoms with Crippen LogP contribution in [0.5, 0.6) is 0 Å². The molecule has 1 fully saturated rings. The zero-order valence-corrected chi connectivity index (χ0v) is 14.1. The number of hydrogen-bond donors (Lipinski definition) is 2. The molecule has 116 valence electrons. The lowest BCUT2D eigenvalue weighted by Crippen LogP contribution is -2.34. The summed E-state index contributed by atoms with van der Waals surface area (Å²) in [7, 11) is 0. The van der Waals surface area contributed by atoms with E-state index < -0.39 is 0 Å². The Morgan fingerprint density at radius 3 is 2.82 bits per heavy atom. The molecule has 0 bridgehead atoms. The lowest BCUT2D eigenvalue weighted by molar-refractivity contribution is 0.0771. The average molecular weight is 363 g/mol. The van der Waals surface area contributed by atoms with Gasteiger partial charge >= 0.3 is 0 Å². The molecule has 22 heavy (non-hydrogen) atoms. The van der Waals surface area contributed by atoms with Gasteiger partial charge in [0.25, 0.3) is 5.91 Å². The number of likely N-dealkylation sites (tertiary alicyclic amines) is 1. The molecule has 3 N–H and O–H groups in total. The number of amides is 1. The molecule has 0 saturated carbocycles. The standard InChI is InChI=1S/C16H19BrN4O/c1-16(9-18)6-7-21(10-16)15(22)14-8-13(19-20-14)11-2-4-12(17)5-3-11/h2-5,8H,6-7,9-10,18H2,1H3,(H,19,20). The summed E-state index contributed by atoms with van der Waals surface area (Å²) < 4.78 is 1.02. The number of aromatic nitrogens is 2. The molecule has 1 amide bonds. The monoisotopic (exact) mass is 362 g/mol. The molecule has 5 nitrogen and oxygen atoms in total.